The van der Waals surface area contributed by atoms with Gasteiger partial charge in [-0.2, -0.15) is 0 Å². The van der Waals surface area contributed by atoms with Crippen molar-refractivity contribution in [1.82, 2.24) is 0 Å². The first kappa shape index (κ1) is 15.1. The number of hydrogen-bond donors (Lipinski definition) is 0. The molecule has 98 valence electrons. The zero-order valence-electron chi connectivity index (χ0n) is 11.7. The molecule has 0 N–H and O–H groups in total. The van der Waals surface area contributed by atoms with Crippen molar-refractivity contribution in [1.29, 1.82) is 0 Å². The van der Waals surface area contributed by atoms with Gasteiger partial charge in [0.25, 0.3) is 0 Å². The number of ether oxygens (including phenoxy) is 2. The van der Waals surface area contributed by atoms with E-state index in [-0.39, 0.29) is 6.10 Å². The SMILES string of the molecule is [B]c1cccc(C(CCCCCC)OC)c1OC. The molecule has 0 heterocycles. The number of rotatable bonds is 8. The fraction of sp³-hybridized carbons (Fsp3) is 0.600. The van der Waals surface area contributed by atoms with E-state index >= 15 is 0 Å². The summed E-state index contributed by atoms with van der Waals surface area (Å²) in [6.45, 7) is 2.22. The summed E-state index contributed by atoms with van der Waals surface area (Å²) in [5.41, 5.74) is 1.72. The van der Waals surface area contributed by atoms with Gasteiger partial charge in [0.1, 0.15) is 13.6 Å². The van der Waals surface area contributed by atoms with E-state index in [0.717, 1.165) is 17.7 Å². The largest absolute Gasteiger partial charge is 0.497 e. The summed E-state index contributed by atoms with van der Waals surface area (Å²) in [6.07, 6.45) is 6.03. The molecule has 2 nitrogen and oxygen atoms in total. The summed E-state index contributed by atoms with van der Waals surface area (Å²) in [5, 5.41) is 0. The number of hydrogen-bond acceptors (Lipinski definition) is 2. The van der Waals surface area contributed by atoms with Crippen molar-refractivity contribution >= 4 is 13.3 Å². The number of para-hydroxylation sites is 1. The van der Waals surface area contributed by atoms with Crippen LogP contribution in [0.4, 0.5) is 0 Å². The second-order valence-corrected chi connectivity index (χ2v) is 4.54. The molecule has 0 spiro atoms. The molecule has 1 atom stereocenters. The van der Waals surface area contributed by atoms with Crippen LogP contribution in [0.3, 0.4) is 0 Å². The van der Waals surface area contributed by atoms with Crippen LogP contribution in [0.2, 0.25) is 0 Å². The lowest BCUT2D eigenvalue weighted by atomic mass is 9.90. The Bertz CT molecular complexity index is 352. The number of methoxy groups -OCH3 is 2. The number of unbranched alkanes of at least 4 members (excludes halogenated alkanes) is 3. The van der Waals surface area contributed by atoms with E-state index in [1.54, 1.807) is 14.2 Å². The van der Waals surface area contributed by atoms with Gasteiger partial charge in [-0.25, -0.2) is 0 Å². The van der Waals surface area contributed by atoms with Crippen molar-refractivity contribution in [3.05, 3.63) is 23.8 Å². The lowest BCUT2D eigenvalue weighted by Gasteiger charge is -2.20. The lowest BCUT2D eigenvalue weighted by molar-refractivity contribution is 0.0909. The van der Waals surface area contributed by atoms with E-state index in [2.05, 4.69) is 6.92 Å². The van der Waals surface area contributed by atoms with Crippen LogP contribution in [0.1, 0.15) is 50.7 Å². The van der Waals surface area contributed by atoms with Gasteiger partial charge in [0.05, 0.1) is 13.2 Å². The standard InChI is InChI=1S/C15H23BO2/c1-4-5-6-7-11-14(17-2)12-9-8-10-13(16)15(12)18-3/h8-10,14H,4-7,11H2,1-3H3. The van der Waals surface area contributed by atoms with Crippen molar-refractivity contribution < 1.29 is 9.47 Å². The Hall–Kier alpha value is -0.955. The molecule has 0 aliphatic rings. The average molecular weight is 246 g/mol. The highest BCUT2D eigenvalue weighted by Crippen LogP contribution is 2.29. The molecule has 2 radical (unpaired) electrons. The maximum absolute atomic E-state index is 5.92. The molecule has 0 aliphatic heterocycles. The van der Waals surface area contributed by atoms with Crippen molar-refractivity contribution in [2.24, 2.45) is 0 Å². The molecular formula is C15H23BO2. The van der Waals surface area contributed by atoms with Crippen LogP contribution in [-0.4, -0.2) is 22.1 Å². The molecule has 1 unspecified atom stereocenters. The lowest BCUT2D eigenvalue weighted by Crippen LogP contribution is -2.13. The summed E-state index contributed by atoms with van der Waals surface area (Å²) < 4.78 is 11.0. The first-order valence-electron chi connectivity index (χ1n) is 6.69. The maximum atomic E-state index is 5.92. The van der Waals surface area contributed by atoms with Crippen LogP contribution in [0, 0.1) is 0 Å². The fourth-order valence-corrected chi connectivity index (χ4v) is 2.22. The van der Waals surface area contributed by atoms with Crippen LogP contribution in [-0.2, 0) is 4.74 Å². The highest BCUT2D eigenvalue weighted by molar-refractivity contribution is 6.34. The molecule has 0 saturated heterocycles. The molecule has 1 aromatic rings. The van der Waals surface area contributed by atoms with Gasteiger partial charge in [0, 0.05) is 12.7 Å². The summed E-state index contributed by atoms with van der Waals surface area (Å²) in [5.74, 6) is 0.750. The Morgan fingerprint density at radius 2 is 1.94 bits per heavy atom. The van der Waals surface area contributed by atoms with Crippen LogP contribution in [0.15, 0.2) is 18.2 Å². The predicted molar refractivity (Wildman–Crippen MR) is 76.9 cm³/mol. The molecular weight excluding hydrogens is 223 g/mol. The average Bonchev–Trinajstić information content (AvgIpc) is 2.39. The van der Waals surface area contributed by atoms with E-state index in [0.29, 0.717) is 5.46 Å². The molecule has 0 amide bonds. The zero-order valence-corrected chi connectivity index (χ0v) is 11.7. The van der Waals surface area contributed by atoms with E-state index in [4.69, 9.17) is 17.3 Å². The maximum Gasteiger partial charge on any atom is 0.119 e. The number of benzene rings is 1. The van der Waals surface area contributed by atoms with Gasteiger partial charge in [-0.15, -0.1) is 0 Å². The highest BCUT2D eigenvalue weighted by atomic mass is 16.5. The van der Waals surface area contributed by atoms with Crippen molar-refractivity contribution in [2.75, 3.05) is 14.2 Å². The minimum Gasteiger partial charge on any atom is -0.497 e. The third kappa shape index (κ3) is 4.06. The molecule has 0 saturated carbocycles. The van der Waals surface area contributed by atoms with Gasteiger partial charge in [0.15, 0.2) is 0 Å². The molecule has 0 aromatic heterocycles. The second-order valence-electron chi connectivity index (χ2n) is 4.54. The van der Waals surface area contributed by atoms with Gasteiger partial charge in [-0.3, -0.25) is 0 Å². The van der Waals surface area contributed by atoms with Gasteiger partial charge in [0.2, 0.25) is 0 Å². The van der Waals surface area contributed by atoms with Gasteiger partial charge < -0.3 is 9.47 Å². The van der Waals surface area contributed by atoms with Crippen molar-refractivity contribution in [2.45, 2.75) is 45.1 Å². The topological polar surface area (TPSA) is 18.5 Å². The Labute approximate surface area is 112 Å². The normalized spacial score (nSPS) is 12.4. The van der Waals surface area contributed by atoms with Crippen LogP contribution >= 0.6 is 0 Å². The van der Waals surface area contributed by atoms with Gasteiger partial charge >= 0.3 is 0 Å². The van der Waals surface area contributed by atoms with Gasteiger partial charge in [-0.1, -0.05) is 56.3 Å². The molecule has 1 rings (SSSR count). The summed E-state index contributed by atoms with van der Waals surface area (Å²) >= 11 is 0. The summed E-state index contributed by atoms with van der Waals surface area (Å²) in [4.78, 5) is 0. The Morgan fingerprint density at radius 3 is 2.56 bits per heavy atom. The smallest absolute Gasteiger partial charge is 0.119 e. The fourth-order valence-electron chi connectivity index (χ4n) is 2.22. The summed E-state index contributed by atoms with van der Waals surface area (Å²) in [7, 11) is 9.32. The molecule has 18 heavy (non-hydrogen) atoms. The highest BCUT2D eigenvalue weighted by Gasteiger charge is 2.16. The first-order valence-corrected chi connectivity index (χ1v) is 6.69. The minimum absolute atomic E-state index is 0.0697. The molecule has 0 aliphatic carbocycles. The van der Waals surface area contributed by atoms with E-state index in [1.807, 2.05) is 18.2 Å². The first-order chi connectivity index (χ1) is 8.74. The summed E-state index contributed by atoms with van der Waals surface area (Å²) in [6, 6.07) is 5.83. The van der Waals surface area contributed by atoms with Crippen molar-refractivity contribution in [3.8, 4) is 5.75 Å². The Kier molecular flexibility index (Phi) is 6.88. The van der Waals surface area contributed by atoms with E-state index in [1.165, 1.54) is 25.7 Å². The molecule has 0 fully saturated rings. The van der Waals surface area contributed by atoms with E-state index in [9.17, 15) is 0 Å². The minimum atomic E-state index is 0.0697. The zero-order chi connectivity index (χ0) is 13.4. The van der Waals surface area contributed by atoms with Crippen molar-refractivity contribution in [3.63, 3.8) is 0 Å². The molecule has 3 heteroatoms. The predicted octanol–water partition coefficient (Wildman–Crippen LogP) is 3.15. The third-order valence-corrected chi connectivity index (χ3v) is 3.23. The third-order valence-electron chi connectivity index (χ3n) is 3.23. The molecule has 0 bridgehead atoms. The van der Waals surface area contributed by atoms with E-state index < -0.39 is 0 Å². The quantitative estimate of drug-likeness (QED) is 0.518. The van der Waals surface area contributed by atoms with Gasteiger partial charge in [-0.05, 0) is 6.42 Å². The van der Waals surface area contributed by atoms with Crippen LogP contribution in [0.25, 0.3) is 0 Å². The Balaban J connectivity index is 2.72. The van der Waals surface area contributed by atoms with Crippen LogP contribution < -0.4 is 10.2 Å². The Morgan fingerprint density at radius 1 is 1.17 bits per heavy atom. The monoisotopic (exact) mass is 246 g/mol. The van der Waals surface area contributed by atoms with Crippen LogP contribution in [0.5, 0.6) is 5.75 Å². The molecule has 1 aromatic carbocycles. The second kappa shape index (κ2) is 8.20.